The van der Waals surface area contributed by atoms with Crippen LogP contribution in [0, 0.1) is 39.6 Å². The standard InChI is InChI=1S/C20H24FN3O4/c1-11(16-7-12-2-3-13(16)6-12)22-20(26)14-8-19(25)23(10-14)15-4-5-17(21)18(9-15)24(27)28/h4-5,9,11-14,16H,2-3,6-8,10H2,1H3,(H,22,26). The van der Waals surface area contributed by atoms with E-state index in [1.54, 1.807) is 0 Å². The fourth-order valence-electron chi connectivity index (χ4n) is 5.30. The van der Waals surface area contributed by atoms with Crippen molar-refractivity contribution in [2.24, 2.45) is 23.7 Å². The van der Waals surface area contributed by atoms with E-state index >= 15 is 0 Å². The minimum absolute atomic E-state index is 0.0560. The average molecular weight is 389 g/mol. The van der Waals surface area contributed by atoms with Crippen molar-refractivity contribution in [1.82, 2.24) is 5.32 Å². The van der Waals surface area contributed by atoms with Gasteiger partial charge in [-0.3, -0.25) is 19.7 Å². The molecular weight excluding hydrogens is 365 g/mol. The third-order valence-corrected chi connectivity index (χ3v) is 6.74. The van der Waals surface area contributed by atoms with Crippen molar-refractivity contribution in [3.63, 3.8) is 0 Å². The highest BCUT2D eigenvalue weighted by Gasteiger charge is 2.43. The average Bonchev–Trinajstić information content (AvgIpc) is 3.37. The van der Waals surface area contributed by atoms with Gasteiger partial charge in [-0.25, -0.2) is 0 Å². The number of benzene rings is 1. The SMILES string of the molecule is CC(NC(=O)C1CC(=O)N(c2ccc(F)c([N+](=O)[O-])c2)C1)C1CC2CCC1C2. The zero-order chi connectivity index (χ0) is 20.0. The predicted molar refractivity (Wildman–Crippen MR) is 100 cm³/mol. The minimum Gasteiger partial charge on any atom is -0.353 e. The highest BCUT2D eigenvalue weighted by molar-refractivity contribution is 6.00. The van der Waals surface area contributed by atoms with Crippen molar-refractivity contribution in [2.45, 2.75) is 45.1 Å². The summed E-state index contributed by atoms with van der Waals surface area (Å²) in [6.07, 6.45) is 5.04. The molecule has 1 aliphatic heterocycles. The monoisotopic (exact) mass is 389 g/mol. The summed E-state index contributed by atoms with van der Waals surface area (Å²) in [7, 11) is 0. The second kappa shape index (κ2) is 7.14. The Kier molecular flexibility index (Phi) is 4.81. The predicted octanol–water partition coefficient (Wildman–Crippen LogP) is 3.03. The molecule has 150 valence electrons. The summed E-state index contributed by atoms with van der Waals surface area (Å²) in [5, 5.41) is 14.0. The van der Waals surface area contributed by atoms with Gasteiger partial charge in [-0.05, 0) is 56.1 Å². The summed E-state index contributed by atoms with van der Waals surface area (Å²) < 4.78 is 13.6. The van der Waals surface area contributed by atoms with Crippen LogP contribution >= 0.6 is 0 Å². The number of carbonyl (C=O) groups excluding carboxylic acids is 2. The lowest BCUT2D eigenvalue weighted by Crippen LogP contribution is -2.43. The van der Waals surface area contributed by atoms with Crippen LogP contribution in [-0.2, 0) is 9.59 Å². The summed E-state index contributed by atoms with van der Waals surface area (Å²) in [6, 6.07) is 3.44. The van der Waals surface area contributed by atoms with Gasteiger partial charge < -0.3 is 10.2 Å². The van der Waals surface area contributed by atoms with Crippen LogP contribution in [0.1, 0.15) is 39.0 Å². The molecule has 1 saturated heterocycles. The van der Waals surface area contributed by atoms with E-state index in [1.807, 2.05) is 6.92 Å². The zero-order valence-electron chi connectivity index (χ0n) is 15.8. The molecule has 1 N–H and O–H groups in total. The summed E-state index contributed by atoms with van der Waals surface area (Å²) in [5.41, 5.74) is -0.433. The van der Waals surface area contributed by atoms with Gasteiger partial charge in [0.15, 0.2) is 0 Å². The van der Waals surface area contributed by atoms with Gasteiger partial charge in [-0.1, -0.05) is 6.42 Å². The molecule has 1 heterocycles. The molecule has 7 nitrogen and oxygen atoms in total. The van der Waals surface area contributed by atoms with E-state index in [2.05, 4.69) is 5.32 Å². The van der Waals surface area contributed by atoms with Crippen LogP contribution in [0.3, 0.4) is 0 Å². The van der Waals surface area contributed by atoms with Crippen LogP contribution < -0.4 is 10.2 Å². The first-order valence-corrected chi connectivity index (χ1v) is 9.88. The van der Waals surface area contributed by atoms with E-state index in [4.69, 9.17) is 0 Å². The molecule has 2 aliphatic carbocycles. The lowest BCUT2D eigenvalue weighted by atomic mass is 9.84. The number of anilines is 1. The van der Waals surface area contributed by atoms with Crippen molar-refractivity contribution in [3.05, 3.63) is 34.1 Å². The highest BCUT2D eigenvalue weighted by atomic mass is 19.1. The lowest BCUT2D eigenvalue weighted by molar-refractivity contribution is -0.387. The van der Waals surface area contributed by atoms with Gasteiger partial charge in [-0.2, -0.15) is 4.39 Å². The summed E-state index contributed by atoms with van der Waals surface area (Å²) in [5.74, 6) is 0.119. The second-order valence-corrected chi connectivity index (χ2v) is 8.43. The molecule has 8 heteroatoms. The number of nitro groups is 1. The molecule has 2 amide bonds. The third-order valence-electron chi connectivity index (χ3n) is 6.74. The minimum atomic E-state index is -0.950. The van der Waals surface area contributed by atoms with Crippen molar-refractivity contribution in [1.29, 1.82) is 0 Å². The highest BCUT2D eigenvalue weighted by Crippen LogP contribution is 2.49. The molecule has 0 radical (unpaired) electrons. The number of hydrogen-bond donors (Lipinski definition) is 1. The van der Waals surface area contributed by atoms with Crippen molar-refractivity contribution >= 4 is 23.2 Å². The fourth-order valence-corrected chi connectivity index (χ4v) is 5.30. The number of fused-ring (bicyclic) bond motifs is 2. The molecule has 1 aromatic carbocycles. The first-order chi connectivity index (χ1) is 13.3. The third kappa shape index (κ3) is 3.36. The maximum Gasteiger partial charge on any atom is 0.306 e. The van der Waals surface area contributed by atoms with Crippen LogP contribution in [0.5, 0.6) is 0 Å². The van der Waals surface area contributed by atoms with Crippen molar-refractivity contribution in [3.8, 4) is 0 Å². The number of carbonyl (C=O) groups is 2. The first-order valence-electron chi connectivity index (χ1n) is 9.88. The van der Waals surface area contributed by atoms with Crippen LogP contribution in [0.25, 0.3) is 0 Å². The van der Waals surface area contributed by atoms with Crippen LogP contribution in [0.2, 0.25) is 0 Å². The summed E-state index contributed by atoms with van der Waals surface area (Å²) >= 11 is 0. The largest absolute Gasteiger partial charge is 0.353 e. The molecule has 5 unspecified atom stereocenters. The van der Waals surface area contributed by atoms with Crippen LogP contribution in [0.4, 0.5) is 15.8 Å². The van der Waals surface area contributed by atoms with Gasteiger partial charge in [-0.15, -0.1) is 0 Å². The van der Waals surface area contributed by atoms with Crippen LogP contribution in [0.15, 0.2) is 18.2 Å². The number of hydrogen-bond acceptors (Lipinski definition) is 4. The van der Waals surface area contributed by atoms with E-state index in [0.29, 0.717) is 11.8 Å². The normalized spacial score (nSPS) is 29.9. The Morgan fingerprint density at radius 2 is 2.14 bits per heavy atom. The maximum atomic E-state index is 13.6. The number of nitro benzene ring substituents is 1. The molecule has 2 bridgehead atoms. The Labute approximate surface area is 162 Å². The van der Waals surface area contributed by atoms with Gasteiger partial charge >= 0.3 is 5.69 Å². The number of rotatable bonds is 5. The lowest BCUT2D eigenvalue weighted by Gasteiger charge is -2.29. The zero-order valence-corrected chi connectivity index (χ0v) is 15.8. The fraction of sp³-hybridized carbons (Fsp3) is 0.600. The topological polar surface area (TPSA) is 92.6 Å². The number of amides is 2. The molecule has 0 spiro atoms. The molecular formula is C20H24FN3O4. The van der Waals surface area contributed by atoms with Gasteiger partial charge in [0.2, 0.25) is 17.6 Å². The van der Waals surface area contributed by atoms with E-state index < -0.39 is 22.3 Å². The molecule has 4 rings (SSSR count). The molecule has 0 aromatic heterocycles. The quantitative estimate of drug-likeness (QED) is 0.619. The van der Waals surface area contributed by atoms with Gasteiger partial charge in [0, 0.05) is 25.1 Å². The van der Waals surface area contributed by atoms with E-state index in [1.165, 1.54) is 36.6 Å². The molecule has 1 aromatic rings. The smallest absolute Gasteiger partial charge is 0.306 e. The Morgan fingerprint density at radius 1 is 1.36 bits per heavy atom. The molecule has 3 fully saturated rings. The Hall–Kier alpha value is -2.51. The maximum absolute atomic E-state index is 13.6. The summed E-state index contributed by atoms with van der Waals surface area (Å²) in [4.78, 5) is 36.6. The molecule has 28 heavy (non-hydrogen) atoms. The van der Waals surface area contributed by atoms with E-state index in [0.717, 1.165) is 18.1 Å². The van der Waals surface area contributed by atoms with E-state index in [-0.39, 0.29) is 36.5 Å². The first kappa shape index (κ1) is 18.8. The van der Waals surface area contributed by atoms with E-state index in [9.17, 15) is 24.1 Å². The second-order valence-electron chi connectivity index (χ2n) is 8.43. The van der Waals surface area contributed by atoms with Crippen molar-refractivity contribution < 1.29 is 18.9 Å². The van der Waals surface area contributed by atoms with Crippen molar-refractivity contribution in [2.75, 3.05) is 11.4 Å². The number of nitrogens with zero attached hydrogens (tertiary/aromatic N) is 2. The Morgan fingerprint density at radius 3 is 2.79 bits per heavy atom. The summed E-state index contributed by atoms with van der Waals surface area (Å²) in [6.45, 7) is 2.19. The molecule has 3 aliphatic rings. The Bertz CT molecular complexity index is 830. The molecule has 5 atom stereocenters. The number of nitrogens with one attached hydrogen (secondary N) is 1. The Balaban J connectivity index is 1.41. The van der Waals surface area contributed by atoms with Gasteiger partial charge in [0.1, 0.15) is 0 Å². The number of halogens is 1. The van der Waals surface area contributed by atoms with Crippen LogP contribution in [-0.4, -0.2) is 29.3 Å². The van der Waals surface area contributed by atoms with Gasteiger partial charge in [0.05, 0.1) is 16.5 Å². The molecule has 2 saturated carbocycles. The van der Waals surface area contributed by atoms with Gasteiger partial charge in [0.25, 0.3) is 0 Å².